The van der Waals surface area contributed by atoms with Crippen LogP contribution >= 0.6 is 43.5 Å². The molecule has 0 spiro atoms. The Morgan fingerprint density at radius 1 is 1.16 bits per heavy atom. The standard InChI is InChI=1S/C15H14Br2ClN/c1-10(13-4-2-3-5-14(13)17)19-9-11-6-7-12(16)8-15(11)18/h2-8,10,19H,9H2,1H3/t10-/m0/s1. The Balaban J connectivity index is 2.04. The summed E-state index contributed by atoms with van der Waals surface area (Å²) in [5.74, 6) is 0. The Morgan fingerprint density at radius 3 is 2.58 bits per heavy atom. The molecular formula is C15H14Br2ClN. The van der Waals surface area contributed by atoms with E-state index in [1.807, 2.05) is 30.3 Å². The van der Waals surface area contributed by atoms with Crippen LogP contribution in [-0.4, -0.2) is 0 Å². The first-order chi connectivity index (χ1) is 9.08. The van der Waals surface area contributed by atoms with E-state index >= 15 is 0 Å². The minimum absolute atomic E-state index is 0.260. The molecule has 0 saturated heterocycles. The van der Waals surface area contributed by atoms with Gasteiger partial charge in [-0.25, -0.2) is 0 Å². The first-order valence-corrected chi connectivity index (χ1v) is 7.96. The molecule has 0 unspecified atom stereocenters. The van der Waals surface area contributed by atoms with Crippen LogP contribution in [0.2, 0.25) is 5.02 Å². The Hall–Kier alpha value is -0.350. The highest BCUT2D eigenvalue weighted by atomic mass is 79.9. The minimum Gasteiger partial charge on any atom is -0.306 e. The second kappa shape index (κ2) is 6.89. The highest BCUT2D eigenvalue weighted by molar-refractivity contribution is 9.10. The lowest BCUT2D eigenvalue weighted by Crippen LogP contribution is -2.18. The summed E-state index contributed by atoms with van der Waals surface area (Å²) in [4.78, 5) is 0. The van der Waals surface area contributed by atoms with Gasteiger partial charge in [0.25, 0.3) is 0 Å². The molecule has 4 heteroatoms. The average Bonchev–Trinajstić information content (AvgIpc) is 2.38. The number of benzene rings is 2. The van der Waals surface area contributed by atoms with Gasteiger partial charge in [-0.05, 0) is 36.2 Å². The molecule has 100 valence electrons. The molecule has 0 aromatic heterocycles. The van der Waals surface area contributed by atoms with Crippen molar-refractivity contribution in [1.29, 1.82) is 0 Å². The summed E-state index contributed by atoms with van der Waals surface area (Å²) in [6, 6.07) is 14.5. The summed E-state index contributed by atoms with van der Waals surface area (Å²) in [7, 11) is 0. The second-order valence-corrected chi connectivity index (χ2v) is 6.54. The third-order valence-corrected chi connectivity index (χ3v) is 4.55. The average molecular weight is 404 g/mol. The van der Waals surface area contributed by atoms with Gasteiger partial charge in [0.2, 0.25) is 0 Å². The summed E-state index contributed by atoms with van der Waals surface area (Å²) in [5.41, 5.74) is 2.35. The van der Waals surface area contributed by atoms with Crippen LogP contribution in [0, 0.1) is 0 Å². The van der Waals surface area contributed by atoms with Crippen molar-refractivity contribution in [1.82, 2.24) is 5.32 Å². The van der Waals surface area contributed by atoms with Crippen molar-refractivity contribution in [3.05, 3.63) is 67.6 Å². The Bertz CT molecular complexity index is 572. The quantitative estimate of drug-likeness (QED) is 0.689. The molecule has 0 aliphatic heterocycles. The Morgan fingerprint density at radius 2 is 1.89 bits per heavy atom. The predicted octanol–water partition coefficient (Wildman–Crippen LogP) is 5.72. The molecule has 0 aliphatic rings. The van der Waals surface area contributed by atoms with Crippen LogP contribution in [0.4, 0.5) is 0 Å². The van der Waals surface area contributed by atoms with Crippen LogP contribution in [0.3, 0.4) is 0 Å². The van der Waals surface area contributed by atoms with Gasteiger partial charge >= 0.3 is 0 Å². The van der Waals surface area contributed by atoms with Crippen molar-refractivity contribution in [2.45, 2.75) is 19.5 Å². The fourth-order valence-electron chi connectivity index (χ4n) is 1.86. The van der Waals surface area contributed by atoms with Gasteiger partial charge in [0, 0.05) is 26.6 Å². The molecule has 0 amide bonds. The number of rotatable bonds is 4. The maximum Gasteiger partial charge on any atom is 0.0462 e. The molecule has 1 N–H and O–H groups in total. The van der Waals surface area contributed by atoms with Crippen molar-refractivity contribution < 1.29 is 0 Å². The van der Waals surface area contributed by atoms with Crippen LogP contribution in [0.15, 0.2) is 51.4 Å². The van der Waals surface area contributed by atoms with E-state index in [1.54, 1.807) is 0 Å². The Labute approximate surface area is 135 Å². The zero-order valence-corrected chi connectivity index (χ0v) is 14.4. The SMILES string of the molecule is C[C@H](NCc1ccc(Br)cc1Cl)c1ccccc1Br. The molecule has 0 bridgehead atoms. The van der Waals surface area contributed by atoms with Crippen LogP contribution < -0.4 is 5.32 Å². The first kappa shape index (κ1) is 15.0. The van der Waals surface area contributed by atoms with Crippen molar-refractivity contribution in [2.24, 2.45) is 0 Å². The van der Waals surface area contributed by atoms with Gasteiger partial charge in [-0.1, -0.05) is 67.7 Å². The molecule has 0 fully saturated rings. The van der Waals surface area contributed by atoms with E-state index in [2.05, 4.69) is 56.2 Å². The maximum absolute atomic E-state index is 6.21. The molecule has 2 rings (SSSR count). The van der Waals surface area contributed by atoms with Crippen LogP contribution in [0.5, 0.6) is 0 Å². The van der Waals surface area contributed by atoms with Crippen molar-refractivity contribution >= 4 is 43.5 Å². The van der Waals surface area contributed by atoms with E-state index < -0.39 is 0 Å². The summed E-state index contributed by atoms with van der Waals surface area (Å²) >= 11 is 13.2. The van der Waals surface area contributed by atoms with Gasteiger partial charge in [0.1, 0.15) is 0 Å². The maximum atomic E-state index is 6.21. The van der Waals surface area contributed by atoms with Gasteiger partial charge in [0.05, 0.1) is 0 Å². The molecule has 2 aromatic carbocycles. The fourth-order valence-corrected chi connectivity index (χ4v) is 3.23. The number of halogens is 3. The highest BCUT2D eigenvalue weighted by Gasteiger charge is 2.09. The molecule has 0 aliphatic carbocycles. The van der Waals surface area contributed by atoms with E-state index in [4.69, 9.17) is 11.6 Å². The van der Waals surface area contributed by atoms with Crippen LogP contribution in [0.1, 0.15) is 24.1 Å². The van der Waals surface area contributed by atoms with E-state index in [0.717, 1.165) is 26.1 Å². The highest BCUT2D eigenvalue weighted by Crippen LogP contribution is 2.25. The predicted molar refractivity (Wildman–Crippen MR) is 88.5 cm³/mol. The topological polar surface area (TPSA) is 12.0 Å². The van der Waals surface area contributed by atoms with Gasteiger partial charge in [-0.3, -0.25) is 0 Å². The molecule has 19 heavy (non-hydrogen) atoms. The van der Waals surface area contributed by atoms with Crippen LogP contribution in [-0.2, 0) is 6.54 Å². The monoisotopic (exact) mass is 401 g/mol. The molecule has 0 saturated carbocycles. The molecule has 1 nitrogen and oxygen atoms in total. The zero-order valence-electron chi connectivity index (χ0n) is 10.5. The number of hydrogen-bond acceptors (Lipinski definition) is 1. The van der Waals surface area contributed by atoms with E-state index in [9.17, 15) is 0 Å². The van der Waals surface area contributed by atoms with E-state index in [0.29, 0.717) is 0 Å². The van der Waals surface area contributed by atoms with E-state index in [-0.39, 0.29) is 6.04 Å². The zero-order chi connectivity index (χ0) is 13.8. The lowest BCUT2D eigenvalue weighted by Gasteiger charge is -2.16. The third kappa shape index (κ3) is 4.06. The third-order valence-electron chi connectivity index (χ3n) is 2.99. The summed E-state index contributed by atoms with van der Waals surface area (Å²) < 4.78 is 2.12. The molecule has 0 heterocycles. The molecule has 1 atom stereocenters. The smallest absolute Gasteiger partial charge is 0.0462 e. The van der Waals surface area contributed by atoms with Crippen molar-refractivity contribution in [2.75, 3.05) is 0 Å². The largest absolute Gasteiger partial charge is 0.306 e. The van der Waals surface area contributed by atoms with Gasteiger partial charge in [-0.15, -0.1) is 0 Å². The van der Waals surface area contributed by atoms with E-state index in [1.165, 1.54) is 5.56 Å². The normalized spacial score (nSPS) is 12.4. The Kier molecular flexibility index (Phi) is 5.46. The van der Waals surface area contributed by atoms with Crippen molar-refractivity contribution in [3.8, 4) is 0 Å². The molecular weight excluding hydrogens is 389 g/mol. The first-order valence-electron chi connectivity index (χ1n) is 5.99. The second-order valence-electron chi connectivity index (χ2n) is 4.36. The fraction of sp³-hybridized carbons (Fsp3) is 0.200. The molecule has 0 radical (unpaired) electrons. The van der Waals surface area contributed by atoms with Gasteiger partial charge < -0.3 is 5.32 Å². The summed E-state index contributed by atoms with van der Waals surface area (Å²) in [5, 5.41) is 4.27. The minimum atomic E-state index is 0.260. The number of nitrogens with one attached hydrogen (secondary N) is 1. The number of hydrogen-bond donors (Lipinski definition) is 1. The van der Waals surface area contributed by atoms with Gasteiger partial charge in [-0.2, -0.15) is 0 Å². The lowest BCUT2D eigenvalue weighted by molar-refractivity contribution is 0.573. The summed E-state index contributed by atoms with van der Waals surface area (Å²) in [6.45, 7) is 2.89. The van der Waals surface area contributed by atoms with Crippen LogP contribution in [0.25, 0.3) is 0 Å². The van der Waals surface area contributed by atoms with Crippen molar-refractivity contribution in [3.63, 3.8) is 0 Å². The van der Waals surface area contributed by atoms with Gasteiger partial charge in [0.15, 0.2) is 0 Å². The summed E-state index contributed by atoms with van der Waals surface area (Å²) in [6.07, 6.45) is 0. The lowest BCUT2D eigenvalue weighted by atomic mass is 10.1. The molecule has 2 aromatic rings.